The zero-order chi connectivity index (χ0) is 21.3. The lowest BCUT2D eigenvalue weighted by Gasteiger charge is -2.36. The number of Topliss-reactive ketones (excluding diaryl/α,β-unsaturated/α-hetero) is 1. The van der Waals surface area contributed by atoms with Crippen LogP contribution in [-0.4, -0.2) is 18.9 Å². The number of ketones is 1. The van der Waals surface area contributed by atoms with E-state index >= 15 is 0 Å². The van der Waals surface area contributed by atoms with Crippen LogP contribution in [0, 0.1) is 0 Å². The number of carbonyl (C=O) groups is 2. The number of ether oxygens (including phenoxy) is 1. The second-order valence-corrected chi connectivity index (χ2v) is 8.01. The summed E-state index contributed by atoms with van der Waals surface area (Å²) in [5.41, 5.74) is 6.25. The molecule has 0 unspecified atom stereocenters. The third-order valence-corrected chi connectivity index (χ3v) is 6.23. The Morgan fingerprint density at radius 2 is 1.73 bits per heavy atom. The van der Waals surface area contributed by atoms with E-state index in [0.717, 1.165) is 29.8 Å². The molecule has 0 bridgehead atoms. The lowest BCUT2D eigenvalue weighted by molar-refractivity contribution is -0.136. The van der Waals surface area contributed by atoms with Crippen molar-refractivity contribution in [3.05, 3.63) is 93.8 Å². The van der Waals surface area contributed by atoms with E-state index in [-0.39, 0.29) is 11.7 Å². The van der Waals surface area contributed by atoms with Crippen LogP contribution in [-0.2, 0) is 20.7 Å². The van der Waals surface area contributed by atoms with E-state index in [0.29, 0.717) is 17.6 Å². The van der Waals surface area contributed by atoms with Crippen molar-refractivity contribution in [3.8, 4) is 0 Å². The van der Waals surface area contributed by atoms with Gasteiger partial charge in [-0.15, -0.1) is 0 Å². The zero-order valence-electron chi connectivity index (χ0n) is 17.7. The highest BCUT2D eigenvalue weighted by atomic mass is 16.5. The Bertz CT molecular complexity index is 1030. The monoisotopic (exact) mass is 401 g/mol. The summed E-state index contributed by atoms with van der Waals surface area (Å²) in [5, 5.41) is 3.37. The van der Waals surface area contributed by atoms with Crippen LogP contribution in [0.15, 0.2) is 77.1 Å². The number of aryl methyl sites for hydroxylation is 1. The van der Waals surface area contributed by atoms with Gasteiger partial charge in [0.25, 0.3) is 0 Å². The van der Waals surface area contributed by atoms with Crippen molar-refractivity contribution in [3.63, 3.8) is 0 Å². The van der Waals surface area contributed by atoms with Crippen molar-refractivity contribution < 1.29 is 14.3 Å². The third kappa shape index (κ3) is 3.58. The minimum atomic E-state index is -0.399. The van der Waals surface area contributed by atoms with Crippen molar-refractivity contribution in [2.24, 2.45) is 0 Å². The first kappa shape index (κ1) is 20.1. The number of benzene rings is 2. The lowest BCUT2D eigenvalue weighted by Crippen LogP contribution is -2.36. The Morgan fingerprint density at radius 3 is 2.37 bits per heavy atom. The Labute approximate surface area is 177 Å². The third-order valence-electron chi connectivity index (χ3n) is 6.23. The maximum atomic E-state index is 13.4. The molecular weight excluding hydrogens is 374 g/mol. The molecule has 0 spiro atoms. The lowest BCUT2D eigenvalue weighted by atomic mass is 9.71. The van der Waals surface area contributed by atoms with Crippen molar-refractivity contribution >= 4 is 11.8 Å². The van der Waals surface area contributed by atoms with Crippen LogP contribution in [0.4, 0.5) is 0 Å². The van der Waals surface area contributed by atoms with Gasteiger partial charge in [-0.2, -0.15) is 0 Å². The molecule has 154 valence electrons. The number of allylic oxidation sites excluding steroid dienone is 3. The Balaban J connectivity index is 1.80. The number of carbonyl (C=O) groups excluding carboxylic acids is 2. The Morgan fingerprint density at radius 1 is 1.03 bits per heavy atom. The molecule has 2 aliphatic rings. The number of nitrogens with one attached hydrogen (secondary N) is 1. The summed E-state index contributed by atoms with van der Waals surface area (Å²) >= 11 is 0. The smallest absolute Gasteiger partial charge is 0.336 e. The van der Waals surface area contributed by atoms with E-state index in [1.807, 2.05) is 37.3 Å². The van der Waals surface area contributed by atoms with E-state index in [1.165, 1.54) is 18.2 Å². The molecule has 2 aromatic carbocycles. The summed E-state index contributed by atoms with van der Waals surface area (Å²) < 4.78 is 5.09. The standard InChI is InChI=1S/C26H27NO3/c1-4-17-10-12-19(13-11-17)24-23(26(29)30-3)16(2)27-21-14-20(15-22(28)25(21)24)18-8-6-5-7-9-18/h5-13,20,24,27H,4,14-15H2,1-3H3/t20-,24-/m1/s1. The summed E-state index contributed by atoms with van der Waals surface area (Å²) in [6, 6.07) is 18.4. The van der Waals surface area contributed by atoms with Gasteiger partial charge in [-0.3, -0.25) is 4.79 Å². The minimum absolute atomic E-state index is 0.0936. The molecule has 0 radical (unpaired) electrons. The van der Waals surface area contributed by atoms with Crippen LogP contribution >= 0.6 is 0 Å². The highest BCUT2D eigenvalue weighted by Gasteiger charge is 2.41. The predicted molar refractivity (Wildman–Crippen MR) is 117 cm³/mol. The quantitative estimate of drug-likeness (QED) is 0.749. The van der Waals surface area contributed by atoms with Crippen molar-refractivity contribution in [1.29, 1.82) is 0 Å². The average Bonchev–Trinajstić information content (AvgIpc) is 2.78. The summed E-state index contributed by atoms with van der Waals surface area (Å²) in [6.07, 6.45) is 2.14. The number of rotatable bonds is 4. The summed E-state index contributed by atoms with van der Waals surface area (Å²) in [6.45, 7) is 4.00. The molecule has 4 rings (SSSR count). The summed E-state index contributed by atoms with van der Waals surface area (Å²) in [7, 11) is 1.39. The van der Waals surface area contributed by atoms with Crippen molar-refractivity contribution in [2.45, 2.75) is 44.9 Å². The highest BCUT2D eigenvalue weighted by molar-refractivity contribution is 6.04. The maximum Gasteiger partial charge on any atom is 0.336 e. The summed E-state index contributed by atoms with van der Waals surface area (Å²) in [4.78, 5) is 26.1. The van der Waals surface area contributed by atoms with Gasteiger partial charge < -0.3 is 10.1 Å². The number of hydrogen-bond acceptors (Lipinski definition) is 4. The molecule has 1 N–H and O–H groups in total. The predicted octanol–water partition coefficient (Wildman–Crippen LogP) is 4.78. The number of methoxy groups -OCH3 is 1. The largest absolute Gasteiger partial charge is 0.466 e. The maximum absolute atomic E-state index is 13.4. The van der Waals surface area contributed by atoms with E-state index in [1.54, 1.807) is 0 Å². The van der Waals surface area contributed by atoms with E-state index in [2.05, 4.69) is 36.5 Å². The molecule has 0 saturated carbocycles. The molecule has 0 amide bonds. The Hall–Kier alpha value is -3.14. The van der Waals surface area contributed by atoms with E-state index < -0.39 is 11.9 Å². The van der Waals surface area contributed by atoms with Gasteiger partial charge in [-0.05, 0) is 42.4 Å². The van der Waals surface area contributed by atoms with Gasteiger partial charge in [0, 0.05) is 29.3 Å². The molecule has 4 nitrogen and oxygen atoms in total. The highest BCUT2D eigenvalue weighted by Crippen LogP contribution is 2.45. The van der Waals surface area contributed by atoms with Gasteiger partial charge >= 0.3 is 5.97 Å². The molecule has 30 heavy (non-hydrogen) atoms. The van der Waals surface area contributed by atoms with Crippen LogP contribution in [0.2, 0.25) is 0 Å². The fourth-order valence-electron chi connectivity index (χ4n) is 4.66. The first-order chi connectivity index (χ1) is 14.5. The average molecular weight is 402 g/mol. The van der Waals surface area contributed by atoms with Gasteiger partial charge in [0.2, 0.25) is 0 Å². The SMILES string of the molecule is CCc1ccc([C@@H]2C(C(=O)OC)=C(C)NC3=C2C(=O)C[C@H](c2ccccc2)C3)cc1. The van der Waals surface area contributed by atoms with Crippen LogP contribution in [0.5, 0.6) is 0 Å². The van der Waals surface area contributed by atoms with E-state index in [4.69, 9.17) is 4.74 Å². The Kier molecular flexibility index (Phi) is 5.58. The van der Waals surface area contributed by atoms with Gasteiger partial charge in [0.15, 0.2) is 5.78 Å². The molecule has 0 aromatic heterocycles. The second-order valence-electron chi connectivity index (χ2n) is 8.01. The van der Waals surface area contributed by atoms with Crippen LogP contribution in [0.25, 0.3) is 0 Å². The molecule has 0 fully saturated rings. The molecular formula is C26H27NO3. The second kappa shape index (κ2) is 8.31. The normalized spacial score (nSPS) is 21.2. The topological polar surface area (TPSA) is 55.4 Å². The number of hydrogen-bond donors (Lipinski definition) is 1. The van der Waals surface area contributed by atoms with Crippen molar-refractivity contribution in [1.82, 2.24) is 5.32 Å². The number of esters is 1. The van der Waals surface area contributed by atoms with E-state index in [9.17, 15) is 9.59 Å². The molecule has 4 heteroatoms. The van der Waals surface area contributed by atoms with Crippen molar-refractivity contribution in [2.75, 3.05) is 7.11 Å². The van der Waals surface area contributed by atoms with Gasteiger partial charge in [-0.25, -0.2) is 4.79 Å². The number of dihydropyridines is 1. The van der Waals surface area contributed by atoms with Gasteiger partial charge in [0.05, 0.1) is 12.7 Å². The molecule has 1 aliphatic carbocycles. The van der Waals surface area contributed by atoms with Crippen LogP contribution in [0.3, 0.4) is 0 Å². The molecule has 2 atom stereocenters. The fraction of sp³-hybridized carbons (Fsp3) is 0.308. The fourth-order valence-corrected chi connectivity index (χ4v) is 4.66. The van der Waals surface area contributed by atoms with Crippen LogP contribution < -0.4 is 5.32 Å². The molecule has 1 heterocycles. The summed E-state index contributed by atoms with van der Waals surface area (Å²) in [5.74, 6) is -0.561. The molecule has 2 aromatic rings. The first-order valence-corrected chi connectivity index (χ1v) is 10.5. The first-order valence-electron chi connectivity index (χ1n) is 10.5. The van der Waals surface area contributed by atoms with Gasteiger partial charge in [0.1, 0.15) is 0 Å². The zero-order valence-corrected chi connectivity index (χ0v) is 17.7. The minimum Gasteiger partial charge on any atom is -0.466 e. The van der Waals surface area contributed by atoms with Gasteiger partial charge in [-0.1, -0.05) is 61.5 Å². The van der Waals surface area contributed by atoms with Crippen LogP contribution in [0.1, 0.15) is 55.2 Å². The molecule has 0 saturated heterocycles. The molecule has 1 aliphatic heterocycles.